The molecule has 1 atom stereocenters. The minimum atomic E-state index is 0.128. The first-order valence-corrected chi connectivity index (χ1v) is 12.3. The lowest BCUT2D eigenvalue weighted by molar-refractivity contribution is 0.466. The van der Waals surface area contributed by atoms with Gasteiger partial charge < -0.3 is 5.32 Å². The maximum atomic E-state index is 13.2. The first-order valence-electron chi connectivity index (χ1n) is 11.4. The zero-order valence-corrected chi connectivity index (χ0v) is 19.0. The number of hydrogen-bond donors (Lipinski definition) is 1. The number of benzene rings is 1. The van der Waals surface area contributed by atoms with Crippen molar-refractivity contribution in [1.29, 1.82) is 0 Å². The summed E-state index contributed by atoms with van der Waals surface area (Å²) >= 11 is 1.70. The molecule has 0 radical (unpaired) electrons. The summed E-state index contributed by atoms with van der Waals surface area (Å²) in [4.78, 5) is 24.3. The fraction of sp³-hybridized carbons (Fsp3) is 0.346. The Morgan fingerprint density at radius 1 is 1.09 bits per heavy atom. The van der Waals surface area contributed by atoms with Crippen LogP contribution in [0.1, 0.15) is 34.4 Å². The van der Waals surface area contributed by atoms with Crippen LogP contribution in [0.2, 0.25) is 0 Å². The molecule has 1 aromatic carbocycles. The van der Waals surface area contributed by atoms with Gasteiger partial charge in [-0.3, -0.25) is 14.3 Å². The maximum absolute atomic E-state index is 13.2. The Bertz CT molecular complexity index is 1230. The number of nitrogens with one attached hydrogen (secondary N) is 1. The molecule has 0 saturated carbocycles. The topological polar surface area (TPSA) is 59.8 Å². The second kappa shape index (κ2) is 9.76. The highest BCUT2D eigenvalue weighted by Gasteiger charge is 2.25. The first-order chi connectivity index (χ1) is 15.8. The molecule has 0 aliphatic heterocycles. The van der Waals surface area contributed by atoms with Crippen molar-refractivity contribution in [2.75, 3.05) is 6.54 Å². The number of pyridine rings is 1. The minimum Gasteiger partial charge on any atom is -0.313 e. The predicted molar refractivity (Wildman–Crippen MR) is 130 cm³/mol. The van der Waals surface area contributed by atoms with Crippen molar-refractivity contribution in [2.24, 2.45) is 0 Å². The molecule has 3 heterocycles. The summed E-state index contributed by atoms with van der Waals surface area (Å²) in [5, 5.41) is 4.56. The fourth-order valence-corrected chi connectivity index (χ4v) is 5.86. The Balaban J connectivity index is 1.24. The van der Waals surface area contributed by atoms with Crippen LogP contribution in [-0.4, -0.2) is 27.1 Å². The summed E-state index contributed by atoms with van der Waals surface area (Å²) in [6.07, 6.45) is 11.4. The van der Waals surface area contributed by atoms with Gasteiger partial charge in [0.05, 0.1) is 11.7 Å². The lowest BCUT2D eigenvalue weighted by Crippen LogP contribution is -2.35. The average molecular weight is 445 g/mol. The van der Waals surface area contributed by atoms with Gasteiger partial charge in [-0.1, -0.05) is 36.4 Å². The van der Waals surface area contributed by atoms with Gasteiger partial charge >= 0.3 is 0 Å². The fourth-order valence-electron chi connectivity index (χ4n) is 4.60. The number of fused-ring (bicyclic) bond motifs is 3. The molecule has 0 spiro atoms. The van der Waals surface area contributed by atoms with Crippen LogP contribution in [0, 0.1) is 0 Å². The third kappa shape index (κ3) is 4.66. The van der Waals surface area contributed by atoms with Gasteiger partial charge in [0, 0.05) is 29.9 Å². The molecule has 4 aromatic rings. The molecule has 0 bridgehead atoms. The van der Waals surface area contributed by atoms with Gasteiger partial charge in [0.15, 0.2) is 0 Å². The van der Waals surface area contributed by atoms with E-state index in [0.717, 1.165) is 55.3 Å². The van der Waals surface area contributed by atoms with Crippen molar-refractivity contribution in [1.82, 2.24) is 19.9 Å². The predicted octanol–water partition coefficient (Wildman–Crippen LogP) is 4.18. The Morgan fingerprint density at radius 3 is 2.81 bits per heavy atom. The zero-order valence-electron chi connectivity index (χ0n) is 18.2. The lowest BCUT2D eigenvalue weighted by atomic mass is 9.93. The van der Waals surface area contributed by atoms with Crippen molar-refractivity contribution < 1.29 is 0 Å². The maximum Gasteiger partial charge on any atom is 0.262 e. The Hall–Kier alpha value is -2.83. The molecule has 32 heavy (non-hydrogen) atoms. The smallest absolute Gasteiger partial charge is 0.262 e. The molecule has 1 aliphatic carbocycles. The van der Waals surface area contributed by atoms with E-state index in [4.69, 9.17) is 0 Å². The second-order valence-corrected chi connectivity index (χ2v) is 9.60. The lowest BCUT2D eigenvalue weighted by Gasteiger charge is -2.23. The molecule has 6 heteroatoms. The van der Waals surface area contributed by atoms with E-state index in [1.165, 1.54) is 21.6 Å². The molecule has 1 N–H and O–H groups in total. The number of aromatic nitrogens is 3. The Labute approximate surface area is 192 Å². The van der Waals surface area contributed by atoms with Gasteiger partial charge in [0.1, 0.15) is 4.83 Å². The highest BCUT2D eigenvalue weighted by molar-refractivity contribution is 7.18. The van der Waals surface area contributed by atoms with Crippen LogP contribution < -0.4 is 10.9 Å². The molecule has 1 aliphatic rings. The van der Waals surface area contributed by atoms with Crippen molar-refractivity contribution >= 4 is 21.6 Å². The van der Waals surface area contributed by atoms with Gasteiger partial charge in [-0.25, -0.2) is 4.98 Å². The molecule has 5 nitrogen and oxygen atoms in total. The summed E-state index contributed by atoms with van der Waals surface area (Å²) in [6, 6.07) is 15.0. The van der Waals surface area contributed by atoms with E-state index in [0.29, 0.717) is 12.6 Å². The highest BCUT2D eigenvalue weighted by Crippen LogP contribution is 2.33. The quantitative estimate of drug-likeness (QED) is 0.443. The molecule has 0 fully saturated rings. The second-order valence-electron chi connectivity index (χ2n) is 8.52. The normalized spacial score (nSPS) is 15.7. The van der Waals surface area contributed by atoms with Crippen molar-refractivity contribution in [2.45, 2.75) is 51.1 Å². The number of thiophene rings is 1. The van der Waals surface area contributed by atoms with Crippen molar-refractivity contribution in [3.63, 3.8) is 0 Å². The van der Waals surface area contributed by atoms with E-state index >= 15 is 0 Å². The van der Waals surface area contributed by atoms with Crippen LogP contribution in [-0.2, 0) is 32.2 Å². The van der Waals surface area contributed by atoms with Crippen LogP contribution in [0.4, 0.5) is 0 Å². The van der Waals surface area contributed by atoms with Crippen LogP contribution in [0.25, 0.3) is 10.2 Å². The standard InChI is InChI=1S/C26H28N4OS/c31-26-24-22-11-10-21(28-14-12-20-8-4-13-27-17-20)16-23(22)32-25(24)29-18-30(26)15-5-9-19-6-2-1-3-7-19/h1-4,6-8,13,17-18,21,28H,5,9-12,14-16H2/t21-/m0/s1. The van der Waals surface area contributed by atoms with E-state index < -0.39 is 0 Å². The largest absolute Gasteiger partial charge is 0.313 e. The summed E-state index contributed by atoms with van der Waals surface area (Å²) in [7, 11) is 0. The summed E-state index contributed by atoms with van der Waals surface area (Å²) in [6.45, 7) is 1.66. The van der Waals surface area contributed by atoms with Gasteiger partial charge in [0.2, 0.25) is 0 Å². The van der Waals surface area contributed by atoms with E-state index in [2.05, 4.69) is 45.6 Å². The van der Waals surface area contributed by atoms with Crippen molar-refractivity contribution in [3.8, 4) is 0 Å². The molecule has 5 rings (SSSR count). The number of rotatable bonds is 8. The zero-order chi connectivity index (χ0) is 21.8. The van der Waals surface area contributed by atoms with Crippen molar-refractivity contribution in [3.05, 3.63) is 93.1 Å². The molecule has 3 aromatic heterocycles. The minimum absolute atomic E-state index is 0.128. The average Bonchev–Trinajstić information content (AvgIpc) is 3.20. The van der Waals surface area contributed by atoms with E-state index in [1.54, 1.807) is 22.2 Å². The number of hydrogen-bond acceptors (Lipinski definition) is 5. The third-order valence-corrected chi connectivity index (χ3v) is 7.47. The summed E-state index contributed by atoms with van der Waals surface area (Å²) < 4.78 is 1.80. The monoisotopic (exact) mass is 444 g/mol. The van der Waals surface area contributed by atoms with Gasteiger partial charge in [-0.2, -0.15) is 0 Å². The molecule has 0 unspecified atom stereocenters. The molecule has 0 saturated heterocycles. The van der Waals surface area contributed by atoms with Gasteiger partial charge in [0.25, 0.3) is 5.56 Å². The van der Waals surface area contributed by atoms with Gasteiger partial charge in [-0.05, 0) is 67.8 Å². The highest BCUT2D eigenvalue weighted by atomic mass is 32.1. The summed E-state index contributed by atoms with van der Waals surface area (Å²) in [5.74, 6) is 0. The Morgan fingerprint density at radius 2 is 1.97 bits per heavy atom. The summed E-state index contributed by atoms with van der Waals surface area (Å²) in [5.41, 5.74) is 3.94. The molecule has 0 amide bonds. The van der Waals surface area contributed by atoms with Crippen LogP contribution in [0.3, 0.4) is 0 Å². The van der Waals surface area contributed by atoms with E-state index in [-0.39, 0.29) is 5.56 Å². The van der Waals surface area contributed by atoms with Crippen LogP contribution in [0.15, 0.2) is 66.0 Å². The van der Waals surface area contributed by atoms with Crippen LogP contribution >= 0.6 is 11.3 Å². The first kappa shape index (κ1) is 21.0. The Kier molecular flexibility index (Phi) is 6.41. The van der Waals surface area contributed by atoms with Crippen LogP contribution in [0.5, 0.6) is 0 Å². The van der Waals surface area contributed by atoms with E-state index in [9.17, 15) is 4.79 Å². The molecular formula is C26H28N4OS. The molecular weight excluding hydrogens is 416 g/mol. The van der Waals surface area contributed by atoms with E-state index in [1.807, 2.05) is 24.5 Å². The SMILES string of the molecule is O=c1c2c3c(sc2ncn1CCCc1ccccc1)C[C@@H](NCCc1cccnc1)CC3. The number of nitrogens with zero attached hydrogens (tertiary/aromatic N) is 3. The number of aryl methyl sites for hydroxylation is 3. The third-order valence-electron chi connectivity index (χ3n) is 6.31. The van der Waals surface area contributed by atoms with Gasteiger partial charge in [-0.15, -0.1) is 11.3 Å². The molecule has 164 valence electrons.